The fourth-order valence-corrected chi connectivity index (χ4v) is 17.8. The van der Waals surface area contributed by atoms with E-state index in [2.05, 4.69) is 22.5 Å². The van der Waals surface area contributed by atoms with Gasteiger partial charge in [-0.15, -0.1) is 0 Å². The van der Waals surface area contributed by atoms with Gasteiger partial charge in [-0.25, -0.2) is 0 Å². The summed E-state index contributed by atoms with van der Waals surface area (Å²) >= 11 is 0. The maximum atomic E-state index is 12.4. The van der Waals surface area contributed by atoms with Crippen LogP contribution in [0.4, 0.5) is 0 Å². The molecule has 2 rings (SSSR count). The average molecular weight is 758 g/mol. The normalized spacial score (nSPS) is 16.9. The highest BCUT2D eigenvalue weighted by Crippen LogP contribution is 2.83. The van der Waals surface area contributed by atoms with Crippen LogP contribution in [0.3, 0.4) is 0 Å². The topological polar surface area (TPSA) is 165 Å². The molecule has 0 saturated carbocycles. The Morgan fingerprint density at radius 1 is 0.630 bits per heavy atom. The summed E-state index contributed by atoms with van der Waals surface area (Å²) in [4.78, 5) is 46.9. The molecule has 0 bridgehead atoms. The van der Waals surface area contributed by atoms with E-state index in [0.29, 0.717) is 32.2 Å². The van der Waals surface area contributed by atoms with Gasteiger partial charge in [0.2, 0.25) is 11.8 Å². The Balaban J connectivity index is 1.44. The summed E-state index contributed by atoms with van der Waals surface area (Å²) in [5.74, 6) is -2.08. The number of hydrogen-bond acceptors (Lipinski definition) is 12. The number of nitrogens with one attached hydrogen (secondary N) is 3. The molecule has 0 aromatic heterocycles. The molecule has 1 unspecified atom stereocenters. The van der Waals surface area contributed by atoms with Crippen molar-refractivity contribution in [3.8, 4) is 0 Å². The van der Waals surface area contributed by atoms with Crippen LogP contribution in [0.1, 0.15) is 122 Å². The van der Waals surface area contributed by atoms with Crippen molar-refractivity contribution in [1.82, 2.24) is 16.0 Å². The minimum atomic E-state index is -0.866. The van der Waals surface area contributed by atoms with E-state index in [1.165, 1.54) is 32.1 Å². The van der Waals surface area contributed by atoms with Gasteiger partial charge in [0.05, 0.1) is 6.04 Å². The number of hydrogen-bond donors (Lipinski definition) is 6. The molecule has 2 atom stereocenters. The highest BCUT2D eigenvalue weighted by atomic mass is 33.2. The van der Waals surface area contributed by atoms with Crippen molar-refractivity contribution < 1.29 is 34.5 Å². The molecule has 0 aliphatic carbocycles. The third-order valence-corrected chi connectivity index (χ3v) is 20.9. The Morgan fingerprint density at radius 2 is 1.17 bits per heavy atom. The number of aliphatic hydroxyl groups excluding tert-OH is 1. The molecule has 16 heteroatoms. The zero-order chi connectivity index (χ0) is 33.6. The van der Waals surface area contributed by atoms with Crippen LogP contribution in [-0.4, -0.2) is 65.2 Å². The minimum Gasteiger partial charge on any atom is -0.511 e. The molecule has 2 fully saturated rings. The molecule has 2 amide bonds. The van der Waals surface area contributed by atoms with Gasteiger partial charge in [-0.05, 0) is 81.7 Å². The first kappa shape index (κ1) is 41.7. The predicted molar refractivity (Wildman–Crippen MR) is 199 cm³/mol. The van der Waals surface area contributed by atoms with E-state index in [0.717, 1.165) is 44.9 Å². The summed E-state index contributed by atoms with van der Waals surface area (Å²) in [6, 6.07) is -1.30. The lowest BCUT2D eigenvalue weighted by Crippen LogP contribution is -2.41. The second-order valence-electron chi connectivity index (χ2n) is 11.5. The molecule has 2 saturated heterocycles. The molecule has 264 valence electrons. The molecule has 1 spiro atoms. The van der Waals surface area contributed by atoms with Gasteiger partial charge >= 0.3 is 11.9 Å². The zero-order valence-electron chi connectivity index (χ0n) is 26.5. The highest BCUT2D eigenvalue weighted by molar-refractivity contribution is 9.14. The van der Waals surface area contributed by atoms with Gasteiger partial charge in [0.15, 0.2) is 2.74 Å². The largest absolute Gasteiger partial charge is 0.511 e. The van der Waals surface area contributed by atoms with Crippen molar-refractivity contribution in [2.45, 2.75) is 142 Å². The summed E-state index contributed by atoms with van der Waals surface area (Å²) in [5, 5.41) is 37.0. The van der Waals surface area contributed by atoms with Crippen LogP contribution in [0.2, 0.25) is 0 Å². The lowest BCUT2D eigenvalue weighted by Gasteiger charge is -2.27. The van der Waals surface area contributed by atoms with E-state index in [1.54, 1.807) is 43.2 Å². The Labute approximate surface area is 297 Å². The van der Waals surface area contributed by atoms with E-state index in [4.69, 9.17) is 5.11 Å². The van der Waals surface area contributed by atoms with E-state index in [1.807, 2.05) is 21.6 Å². The third kappa shape index (κ3) is 20.1. The average Bonchev–Trinajstić information content (AvgIpc) is 3.77. The fraction of sp³-hybridized carbons (Fsp3) is 0.800. The standard InChI is InChI=1S/C30H51N3O7S6/c1-22(34)23(32-26(36)17-12-10-8-6-4-2-3-5-7-9-11-13-18-27(37)38)19-20-25(35)31-21-15-14-16-24(28(39)40)33-29-41-43-30(44-42-29)45-46-30/h23-24,29,33-34H,1-21H2,(H,31,35)(H,32,36)(H,37,38)(H,39,40)/t23?,24-/m0/s1. The second-order valence-corrected chi connectivity index (χ2v) is 21.0. The van der Waals surface area contributed by atoms with Crippen molar-refractivity contribution in [2.24, 2.45) is 0 Å². The SMILES string of the molecule is C=C(O)C(CCC(=O)NCCCC[C@H](NC1SSC2(SS1)SS2)C(=O)O)NC(=O)CCCCCCCCCCCCCCC(=O)O. The van der Waals surface area contributed by atoms with Gasteiger partial charge in [-0.2, -0.15) is 0 Å². The molecular formula is C30H51N3O7S6. The minimum absolute atomic E-state index is 0.0188. The summed E-state index contributed by atoms with van der Waals surface area (Å²) in [6.45, 7) is 4.00. The first-order chi connectivity index (χ1) is 22.1. The molecular weight excluding hydrogens is 707 g/mol. The maximum absolute atomic E-state index is 12.4. The van der Waals surface area contributed by atoms with Gasteiger partial charge in [-0.3, -0.25) is 24.5 Å². The highest BCUT2D eigenvalue weighted by Gasteiger charge is 2.52. The number of carbonyl (C=O) groups excluding carboxylic acids is 2. The van der Waals surface area contributed by atoms with E-state index < -0.39 is 24.0 Å². The zero-order valence-corrected chi connectivity index (χ0v) is 31.4. The smallest absolute Gasteiger partial charge is 0.320 e. The second kappa shape index (κ2) is 24.6. The van der Waals surface area contributed by atoms with Gasteiger partial charge in [-0.1, -0.05) is 92.4 Å². The fourth-order valence-electron chi connectivity index (χ4n) is 4.81. The Morgan fingerprint density at radius 3 is 1.67 bits per heavy atom. The first-order valence-electron chi connectivity index (χ1n) is 16.3. The Bertz CT molecular complexity index is 950. The number of aliphatic hydroxyl groups is 1. The lowest BCUT2D eigenvalue weighted by atomic mass is 10.0. The number of rotatable bonds is 28. The summed E-state index contributed by atoms with van der Waals surface area (Å²) in [6.07, 6.45) is 15.7. The molecule has 46 heavy (non-hydrogen) atoms. The van der Waals surface area contributed by atoms with Crippen LogP contribution < -0.4 is 16.0 Å². The van der Waals surface area contributed by atoms with Crippen molar-refractivity contribution in [3.05, 3.63) is 12.3 Å². The Hall–Kier alpha value is -0.520. The molecule has 2 aliphatic rings. The van der Waals surface area contributed by atoms with Gasteiger partial charge in [0.25, 0.3) is 0 Å². The molecule has 10 nitrogen and oxygen atoms in total. The number of carboxylic acids is 2. The van der Waals surface area contributed by atoms with Crippen molar-refractivity contribution >= 4 is 88.5 Å². The van der Waals surface area contributed by atoms with Gasteiger partial charge < -0.3 is 26.0 Å². The third-order valence-electron chi connectivity index (χ3n) is 7.51. The van der Waals surface area contributed by atoms with E-state index in [-0.39, 0.29) is 44.3 Å². The van der Waals surface area contributed by atoms with E-state index in [9.17, 15) is 29.4 Å². The summed E-state index contributed by atoms with van der Waals surface area (Å²) < 4.78 is 0.196. The van der Waals surface area contributed by atoms with E-state index >= 15 is 0 Å². The van der Waals surface area contributed by atoms with Crippen LogP contribution in [0.25, 0.3) is 0 Å². The monoisotopic (exact) mass is 757 g/mol. The number of amides is 2. The number of unbranched alkanes of at least 4 members (excludes halogenated alkanes) is 12. The molecule has 0 radical (unpaired) electrons. The van der Waals surface area contributed by atoms with Crippen LogP contribution in [0, 0.1) is 0 Å². The van der Waals surface area contributed by atoms with Crippen LogP contribution in [0.5, 0.6) is 0 Å². The van der Waals surface area contributed by atoms with Crippen LogP contribution in [-0.2, 0) is 19.2 Å². The quantitative estimate of drug-likeness (QED) is 0.0196. The molecule has 0 aromatic carbocycles. The maximum Gasteiger partial charge on any atom is 0.320 e. The molecule has 2 heterocycles. The predicted octanol–water partition coefficient (Wildman–Crippen LogP) is 8.26. The molecule has 2 aliphatic heterocycles. The first-order valence-corrected chi connectivity index (χ1v) is 22.9. The van der Waals surface area contributed by atoms with Crippen LogP contribution in [0.15, 0.2) is 12.3 Å². The summed E-state index contributed by atoms with van der Waals surface area (Å²) in [7, 11) is 10.6. The van der Waals surface area contributed by atoms with Gasteiger partial charge in [0.1, 0.15) is 16.5 Å². The van der Waals surface area contributed by atoms with Crippen molar-refractivity contribution in [2.75, 3.05) is 6.54 Å². The molecule has 6 N–H and O–H groups in total. The number of aliphatic carboxylic acids is 2. The number of carbonyl (C=O) groups is 4. The number of carboxylic acid groups (broad SMARTS) is 2. The van der Waals surface area contributed by atoms with Crippen molar-refractivity contribution in [1.29, 1.82) is 0 Å². The Kier molecular flexibility index (Phi) is 22.3. The van der Waals surface area contributed by atoms with Crippen LogP contribution >= 0.6 is 64.8 Å². The summed E-state index contributed by atoms with van der Waals surface area (Å²) in [5.41, 5.74) is 0. The van der Waals surface area contributed by atoms with Crippen molar-refractivity contribution in [3.63, 3.8) is 0 Å². The van der Waals surface area contributed by atoms with Gasteiger partial charge in [0, 0.05) is 25.8 Å². The molecule has 0 aromatic rings. The lowest BCUT2D eigenvalue weighted by molar-refractivity contribution is -0.140.